The van der Waals surface area contributed by atoms with Crippen LogP contribution in [0.4, 0.5) is 5.82 Å². The van der Waals surface area contributed by atoms with Crippen LogP contribution in [0.3, 0.4) is 0 Å². The fourth-order valence-electron chi connectivity index (χ4n) is 2.89. The topological polar surface area (TPSA) is 64.5 Å². The molecule has 146 valence electrons. The van der Waals surface area contributed by atoms with Gasteiger partial charge in [0.1, 0.15) is 12.4 Å². The SMILES string of the molecule is O=S(Cc1ncc(OCc2ccccc2)c(N2CCOCC2)n1)c1cccs1. The Morgan fingerprint density at radius 2 is 1.96 bits per heavy atom. The molecule has 0 N–H and O–H groups in total. The number of rotatable bonds is 7. The second-order valence-corrected chi connectivity index (χ2v) is 8.90. The van der Waals surface area contributed by atoms with E-state index in [9.17, 15) is 4.21 Å². The van der Waals surface area contributed by atoms with Crippen LogP contribution in [-0.4, -0.2) is 40.5 Å². The van der Waals surface area contributed by atoms with Crippen LogP contribution < -0.4 is 9.64 Å². The Kier molecular flexibility index (Phi) is 6.31. The van der Waals surface area contributed by atoms with Gasteiger partial charge in [0.15, 0.2) is 11.6 Å². The Morgan fingerprint density at radius 3 is 2.71 bits per heavy atom. The summed E-state index contributed by atoms with van der Waals surface area (Å²) < 4.78 is 24.9. The Hall–Kier alpha value is -2.29. The first kappa shape index (κ1) is 19.0. The van der Waals surface area contributed by atoms with Gasteiger partial charge in [-0.25, -0.2) is 9.97 Å². The first-order chi connectivity index (χ1) is 13.8. The lowest BCUT2D eigenvalue weighted by atomic mass is 10.2. The van der Waals surface area contributed by atoms with E-state index in [1.54, 1.807) is 6.20 Å². The molecular weight excluding hydrogens is 394 g/mol. The van der Waals surface area contributed by atoms with Crippen molar-refractivity contribution in [3.05, 3.63) is 65.4 Å². The predicted octanol–water partition coefficient (Wildman–Crippen LogP) is 3.26. The molecule has 2 aromatic heterocycles. The highest BCUT2D eigenvalue weighted by Crippen LogP contribution is 2.28. The van der Waals surface area contributed by atoms with Crippen molar-refractivity contribution in [2.45, 2.75) is 16.6 Å². The average Bonchev–Trinajstić information content (AvgIpc) is 3.29. The van der Waals surface area contributed by atoms with Crippen molar-refractivity contribution in [1.29, 1.82) is 0 Å². The van der Waals surface area contributed by atoms with Crippen molar-refractivity contribution in [2.75, 3.05) is 31.2 Å². The molecule has 3 aromatic rings. The molecule has 1 unspecified atom stereocenters. The molecule has 0 saturated carbocycles. The smallest absolute Gasteiger partial charge is 0.180 e. The van der Waals surface area contributed by atoms with Crippen molar-refractivity contribution in [3.8, 4) is 5.75 Å². The molecule has 0 bridgehead atoms. The first-order valence-electron chi connectivity index (χ1n) is 9.07. The molecule has 1 fully saturated rings. The van der Waals surface area contributed by atoms with Gasteiger partial charge in [0.25, 0.3) is 0 Å². The molecule has 0 radical (unpaired) electrons. The molecule has 6 nitrogen and oxygen atoms in total. The van der Waals surface area contributed by atoms with Gasteiger partial charge in [0.05, 0.1) is 40.2 Å². The fourth-order valence-corrected chi connectivity index (χ4v) is 4.85. The third-order valence-electron chi connectivity index (χ3n) is 4.31. The van der Waals surface area contributed by atoms with E-state index >= 15 is 0 Å². The van der Waals surface area contributed by atoms with E-state index in [-0.39, 0.29) is 5.75 Å². The predicted molar refractivity (Wildman–Crippen MR) is 110 cm³/mol. The minimum absolute atomic E-state index is 0.289. The van der Waals surface area contributed by atoms with Gasteiger partial charge in [-0.2, -0.15) is 0 Å². The van der Waals surface area contributed by atoms with Gasteiger partial charge in [-0.3, -0.25) is 4.21 Å². The zero-order valence-corrected chi connectivity index (χ0v) is 17.0. The maximum Gasteiger partial charge on any atom is 0.180 e. The Labute approximate surface area is 170 Å². The molecule has 1 atom stereocenters. The lowest BCUT2D eigenvalue weighted by Crippen LogP contribution is -2.37. The van der Waals surface area contributed by atoms with Gasteiger partial charge < -0.3 is 14.4 Å². The van der Waals surface area contributed by atoms with Gasteiger partial charge in [0, 0.05) is 13.1 Å². The summed E-state index contributed by atoms with van der Waals surface area (Å²) in [6.45, 7) is 3.23. The van der Waals surface area contributed by atoms with Crippen LogP contribution in [-0.2, 0) is 27.9 Å². The van der Waals surface area contributed by atoms with Crippen LogP contribution in [0.25, 0.3) is 0 Å². The van der Waals surface area contributed by atoms with Gasteiger partial charge in [-0.15, -0.1) is 11.3 Å². The van der Waals surface area contributed by atoms with Gasteiger partial charge in [0.2, 0.25) is 0 Å². The van der Waals surface area contributed by atoms with Gasteiger partial charge in [-0.05, 0) is 17.0 Å². The van der Waals surface area contributed by atoms with Crippen molar-refractivity contribution in [3.63, 3.8) is 0 Å². The lowest BCUT2D eigenvalue weighted by molar-refractivity contribution is 0.122. The van der Waals surface area contributed by atoms with E-state index < -0.39 is 10.8 Å². The third kappa shape index (κ3) is 4.76. The molecule has 3 heterocycles. The standard InChI is InChI=1S/C20H21N3O3S2/c24-28(19-7-4-12-27-19)15-18-21-13-17(26-14-16-5-2-1-3-6-16)20(22-18)23-8-10-25-11-9-23/h1-7,12-13H,8-11,14-15H2. The number of hydrogen-bond donors (Lipinski definition) is 0. The molecule has 1 aromatic carbocycles. The van der Waals surface area contributed by atoms with Crippen LogP contribution in [0, 0.1) is 0 Å². The van der Waals surface area contributed by atoms with E-state index in [0.717, 1.165) is 28.7 Å². The number of nitrogens with zero attached hydrogens (tertiary/aromatic N) is 3. The van der Waals surface area contributed by atoms with Crippen LogP contribution >= 0.6 is 11.3 Å². The molecule has 28 heavy (non-hydrogen) atoms. The van der Waals surface area contributed by atoms with Crippen LogP contribution in [0.5, 0.6) is 5.75 Å². The normalized spacial score (nSPS) is 15.4. The number of thiophene rings is 1. The van der Waals surface area contributed by atoms with Crippen molar-refractivity contribution >= 4 is 28.0 Å². The highest BCUT2D eigenvalue weighted by Gasteiger charge is 2.20. The highest BCUT2D eigenvalue weighted by molar-refractivity contribution is 7.86. The zero-order valence-electron chi connectivity index (χ0n) is 15.3. The molecule has 4 rings (SSSR count). The molecule has 1 saturated heterocycles. The van der Waals surface area contributed by atoms with Gasteiger partial charge in [-0.1, -0.05) is 36.4 Å². The Bertz CT molecular complexity index is 914. The Balaban J connectivity index is 1.55. The fraction of sp³-hybridized carbons (Fsp3) is 0.300. The number of morpholine rings is 1. The summed E-state index contributed by atoms with van der Waals surface area (Å²) in [6.07, 6.45) is 1.70. The molecule has 1 aliphatic heterocycles. The Morgan fingerprint density at radius 1 is 1.14 bits per heavy atom. The van der Waals surface area contributed by atoms with E-state index in [0.29, 0.717) is 31.4 Å². The maximum absolute atomic E-state index is 12.5. The van der Waals surface area contributed by atoms with Crippen LogP contribution in [0.15, 0.2) is 58.3 Å². The zero-order chi connectivity index (χ0) is 19.2. The number of anilines is 1. The van der Waals surface area contributed by atoms with Crippen molar-refractivity contribution in [2.24, 2.45) is 0 Å². The minimum Gasteiger partial charge on any atom is -0.483 e. The molecule has 8 heteroatoms. The summed E-state index contributed by atoms with van der Waals surface area (Å²) >= 11 is 1.48. The lowest BCUT2D eigenvalue weighted by Gasteiger charge is -2.29. The molecule has 1 aliphatic rings. The van der Waals surface area contributed by atoms with Crippen LogP contribution in [0.1, 0.15) is 11.4 Å². The number of ether oxygens (including phenoxy) is 2. The minimum atomic E-state index is -1.15. The third-order valence-corrected chi connectivity index (χ3v) is 6.93. The number of hydrogen-bond acceptors (Lipinski definition) is 7. The summed E-state index contributed by atoms with van der Waals surface area (Å²) in [4.78, 5) is 11.3. The number of aromatic nitrogens is 2. The monoisotopic (exact) mass is 415 g/mol. The van der Waals surface area contributed by atoms with E-state index in [1.165, 1.54) is 11.3 Å². The highest BCUT2D eigenvalue weighted by atomic mass is 32.2. The summed E-state index contributed by atoms with van der Waals surface area (Å²) in [7, 11) is -1.15. The van der Waals surface area contributed by atoms with Crippen LogP contribution in [0.2, 0.25) is 0 Å². The van der Waals surface area contributed by atoms with Gasteiger partial charge >= 0.3 is 0 Å². The van der Waals surface area contributed by atoms with E-state index in [4.69, 9.17) is 14.5 Å². The number of benzene rings is 1. The largest absolute Gasteiger partial charge is 0.483 e. The van der Waals surface area contributed by atoms with Crippen molar-refractivity contribution in [1.82, 2.24) is 9.97 Å². The molecule has 0 aliphatic carbocycles. The molecule has 0 spiro atoms. The summed E-state index contributed by atoms with van der Waals surface area (Å²) in [5.41, 5.74) is 1.08. The quantitative estimate of drug-likeness (QED) is 0.590. The summed E-state index contributed by atoms with van der Waals surface area (Å²) in [5, 5.41) is 1.92. The molecule has 0 amide bonds. The molecular formula is C20H21N3O3S2. The summed E-state index contributed by atoms with van der Waals surface area (Å²) in [5.74, 6) is 2.22. The van der Waals surface area contributed by atoms with Crippen molar-refractivity contribution < 1.29 is 13.7 Å². The maximum atomic E-state index is 12.5. The second kappa shape index (κ2) is 9.27. The first-order valence-corrected chi connectivity index (χ1v) is 11.3. The van der Waals surface area contributed by atoms with E-state index in [1.807, 2.05) is 47.8 Å². The second-order valence-electron chi connectivity index (χ2n) is 6.27. The average molecular weight is 416 g/mol. The summed E-state index contributed by atoms with van der Waals surface area (Å²) in [6, 6.07) is 13.8. The van der Waals surface area contributed by atoms with E-state index in [2.05, 4.69) is 9.88 Å².